The van der Waals surface area contributed by atoms with Gasteiger partial charge in [0.15, 0.2) is 0 Å². The van der Waals surface area contributed by atoms with E-state index < -0.39 is 0 Å². The van der Waals surface area contributed by atoms with Crippen molar-refractivity contribution in [1.29, 1.82) is 0 Å². The van der Waals surface area contributed by atoms with Crippen molar-refractivity contribution in [1.82, 2.24) is 0 Å². The lowest BCUT2D eigenvalue weighted by molar-refractivity contribution is 0.414. The molecule has 0 atom stereocenters. The summed E-state index contributed by atoms with van der Waals surface area (Å²) >= 11 is 1.81. The minimum atomic E-state index is 0.817. The predicted molar refractivity (Wildman–Crippen MR) is 78.1 cm³/mol. The summed E-state index contributed by atoms with van der Waals surface area (Å²) in [6, 6.07) is 14.2. The van der Waals surface area contributed by atoms with E-state index in [9.17, 15) is 0 Å². The first-order valence-corrected chi connectivity index (χ1v) is 6.79. The van der Waals surface area contributed by atoms with Crippen molar-refractivity contribution in [3.05, 3.63) is 53.6 Å². The van der Waals surface area contributed by atoms with Gasteiger partial charge in [-0.25, -0.2) is 0 Å². The maximum atomic E-state index is 5.80. The number of aryl methyl sites for hydroxylation is 1. The molecule has 0 fully saturated rings. The second-order valence-corrected chi connectivity index (χ2v) is 5.18. The molecule has 2 N–H and O–H groups in total. The van der Waals surface area contributed by atoms with Gasteiger partial charge in [-0.2, -0.15) is 0 Å². The number of hydrogen-bond donors (Lipinski definition) is 1. The average Bonchev–Trinajstić information content (AvgIpc) is 2.40. The summed E-state index contributed by atoms with van der Waals surface area (Å²) in [5, 5.41) is 0. The Kier molecular flexibility index (Phi) is 4.15. The number of hydrogen-bond acceptors (Lipinski definition) is 3. The van der Waals surface area contributed by atoms with Gasteiger partial charge in [0.05, 0.1) is 7.11 Å². The van der Waals surface area contributed by atoms with Crippen LogP contribution in [0.5, 0.6) is 5.75 Å². The summed E-state index contributed by atoms with van der Waals surface area (Å²) in [5.41, 5.74) is 9.17. The number of benzene rings is 2. The molecule has 0 saturated heterocycles. The number of methoxy groups -OCH3 is 1. The second-order valence-electron chi connectivity index (χ2n) is 4.16. The monoisotopic (exact) mass is 259 g/mol. The minimum Gasteiger partial charge on any atom is -0.497 e. The summed E-state index contributed by atoms with van der Waals surface area (Å²) < 4.78 is 5.14. The van der Waals surface area contributed by atoms with Crippen molar-refractivity contribution in [2.24, 2.45) is 0 Å². The second kappa shape index (κ2) is 5.83. The summed E-state index contributed by atoms with van der Waals surface area (Å²) in [4.78, 5) is 1.24. The molecule has 0 spiro atoms. The fourth-order valence-electron chi connectivity index (χ4n) is 1.66. The SMILES string of the molecule is COc1ccc(CSc2cc(N)ccc2C)cc1. The molecular formula is C15H17NOS. The van der Waals surface area contributed by atoms with Gasteiger partial charge in [-0.1, -0.05) is 18.2 Å². The van der Waals surface area contributed by atoms with Gasteiger partial charge >= 0.3 is 0 Å². The Bertz CT molecular complexity index is 523. The van der Waals surface area contributed by atoms with E-state index in [1.165, 1.54) is 16.0 Å². The molecule has 2 aromatic rings. The fraction of sp³-hybridized carbons (Fsp3) is 0.200. The quantitative estimate of drug-likeness (QED) is 0.668. The molecule has 3 heteroatoms. The van der Waals surface area contributed by atoms with Crippen LogP contribution in [0.1, 0.15) is 11.1 Å². The van der Waals surface area contributed by atoms with Gasteiger partial charge in [0.2, 0.25) is 0 Å². The molecule has 0 unspecified atom stereocenters. The third kappa shape index (κ3) is 3.20. The lowest BCUT2D eigenvalue weighted by atomic mass is 10.2. The van der Waals surface area contributed by atoms with Crippen LogP contribution < -0.4 is 10.5 Å². The zero-order valence-corrected chi connectivity index (χ0v) is 11.5. The molecular weight excluding hydrogens is 242 g/mol. The zero-order chi connectivity index (χ0) is 13.0. The molecule has 94 valence electrons. The van der Waals surface area contributed by atoms with Crippen LogP contribution in [-0.4, -0.2) is 7.11 Å². The molecule has 2 aromatic carbocycles. The maximum absolute atomic E-state index is 5.80. The summed E-state index contributed by atoms with van der Waals surface area (Å²) in [5.74, 6) is 1.83. The normalized spacial score (nSPS) is 10.3. The first-order chi connectivity index (χ1) is 8.69. The topological polar surface area (TPSA) is 35.2 Å². The van der Waals surface area contributed by atoms with Gasteiger partial charge in [-0.05, 0) is 42.3 Å². The maximum Gasteiger partial charge on any atom is 0.118 e. The van der Waals surface area contributed by atoms with E-state index in [2.05, 4.69) is 25.1 Å². The molecule has 18 heavy (non-hydrogen) atoms. The number of ether oxygens (including phenoxy) is 1. The number of nitrogen functional groups attached to an aromatic ring is 1. The molecule has 0 heterocycles. The highest BCUT2D eigenvalue weighted by atomic mass is 32.2. The Morgan fingerprint density at radius 2 is 1.83 bits per heavy atom. The van der Waals surface area contributed by atoms with E-state index in [0.29, 0.717) is 0 Å². The molecule has 0 bridgehead atoms. The highest BCUT2D eigenvalue weighted by molar-refractivity contribution is 7.98. The van der Waals surface area contributed by atoms with E-state index in [4.69, 9.17) is 10.5 Å². The predicted octanol–water partition coefficient (Wildman–Crippen LogP) is 3.88. The van der Waals surface area contributed by atoms with Crippen LogP contribution in [0.3, 0.4) is 0 Å². The van der Waals surface area contributed by atoms with Crippen LogP contribution in [0.15, 0.2) is 47.4 Å². The highest BCUT2D eigenvalue weighted by Gasteiger charge is 2.01. The first kappa shape index (κ1) is 12.8. The Morgan fingerprint density at radius 3 is 2.50 bits per heavy atom. The van der Waals surface area contributed by atoms with Gasteiger partial charge in [-0.15, -0.1) is 11.8 Å². The average molecular weight is 259 g/mol. The first-order valence-electron chi connectivity index (χ1n) is 5.81. The van der Waals surface area contributed by atoms with Crippen molar-refractivity contribution in [3.8, 4) is 5.75 Å². The Morgan fingerprint density at radius 1 is 1.11 bits per heavy atom. The smallest absolute Gasteiger partial charge is 0.118 e. The van der Waals surface area contributed by atoms with Crippen LogP contribution in [-0.2, 0) is 5.75 Å². The lowest BCUT2D eigenvalue weighted by Crippen LogP contribution is -1.88. The lowest BCUT2D eigenvalue weighted by Gasteiger charge is -2.07. The van der Waals surface area contributed by atoms with Crippen molar-refractivity contribution in [3.63, 3.8) is 0 Å². The van der Waals surface area contributed by atoms with Gasteiger partial charge in [0.25, 0.3) is 0 Å². The van der Waals surface area contributed by atoms with Crippen molar-refractivity contribution in [2.45, 2.75) is 17.6 Å². The molecule has 2 nitrogen and oxygen atoms in total. The van der Waals surface area contributed by atoms with Gasteiger partial charge in [0, 0.05) is 16.3 Å². The van der Waals surface area contributed by atoms with Gasteiger partial charge in [-0.3, -0.25) is 0 Å². The van der Waals surface area contributed by atoms with Crippen molar-refractivity contribution in [2.75, 3.05) is 12.8 Å². The number of rotatable bonds is 4. The molecule has 0 aliphatic heterocycles. The summed E-state index contributed by atoms with van der Waals surface area (Å²) in [7, 11) is 1.68. The molecule has 0 aliphatic rings. The third-order valence-electron chi connectivity index (χ3n) is 2.77. The van der Waals surface area contributed by atoms with Gasteiger partial charge < -0.3 is 10.5 Å². The van der Waals surface area contributed by atoms with E-state index in [1.807, 2.05) is 24.3 Å². The summed E-state index contributed by atoms with van der Waals surface area (Å²) in [6.45, 7) is 2.11. The molecule has 0 saturated carbocycles. The molecule has 0 radical (unpaired) electrons. The Labute approximate surface area is 112 Å². The van der Waals surface area contributed by atoms with Crippen LogP contribution >= 0.6 is 11.8 Å². The number of anilines is 1. The van der Waals surface area contributed by atoms with Crippen LogP contribution in [0, 0.1) is 6.92 Å². The fourth-order valence-corrected chi connectivity index (χ4v) is 2.68. The van der Waals surface area contributed by atoms with Crippen LogP contribution in [0.25, 0.3) is 0 Å². The number of thioether (sulfide) groups is 1. The summed E-state index contributed by atoms with van der Waals surface area (Å²) in [6.07, 6.45) is 0. The van der Waals surface area contributed by atoms with Crippen LogP contribution in [0.2, 0.25) is 0 Å². The van der Waals surface area contributed by atoms with Crippen molar-refractivity contribution < 1.29 is 4.74 Å². The largest absolute Gasteiger partial charge is 0.497 e. The van der Waals surface area contributed by atoms with E-state index in [-0.39, 0.29) is 0 Å². The molecule has 0 aliphatic carbocycles. The van der Waals surface area contributed by atoms with E-state index >= 15 is 0 Å². The van der Waals surface area contributed by atoms with Crippen LogP contribution in [0.4, 0.5) is 5.69 Å². The third-order valence-corrected chi connectivity index (χ3v) is 3.99. The molecule has 0 amide bonds. The molecule has 2 rings (SSSR count). The zero-order valence-electron chi connectivity index (χ0n) is 10.6. The number of nitrogens with two attached hydrogens (primary N) is 1. The Balaban J connectivity index is 2.04. The molecule has 0 aromatic heterocycles. The Hall–Kier alpha value is -1.61. The highest BCUT2D eigenvalue weighted by Crippen LogP contribution is 2.28. The van der Waals surface area contributed by atoms with E-state index in [1.54, 1.807) is 18.9 Å². The van der Waals surface area contributed by atoms with Gasteiger partial charge in [0.1, 0.15) is 5.75 Å². The van der Waals surface area contributed by atoms with E-state index in [0.717, 1.165) is 17.2 Å². The minimum absolute atomic E-state index is 0.817. The van der Waals surface area contributed by atoms with Crippen molar-refractivity contribution >= 4 is 17.4 Å². The standard InChI is InChI=1S/C15H17NOS/c1-11-3-6-13(16)9-15(11)18-10-12-4-7-14(17-2)8-5-12/h3-9H,10,16H2,1-2H3.